The van der Waals surface area contributed by atoms with E-state index in [2.05, 4.69) is 0 Å². The molecule has 1 rings (SSSR count). The van der Waals surface area contributed by atoms with Crippen LogP contribution in [0.25, 0.3) is 0 Å². The molecule has 0 amide bonds. The standard InChI is InChI=1S/C12H17NO3/c1-12(2,3)16-11(14)10-5-4-9(6-7-13)8-15-10/h6,10H,4-5,8H2,1-3H3/b9-6-. The molecule has 4 nitrogen and oxygen atoms in total. The number of nitrogens with zero attached hydrogens (tertiary/aromatic N) is 1. The van der Waals surface area contributed by atoms with Gasteiger partial charge in [-0.05, 0) is 39.2 Å². The molecular weight excluding hydrogens is 206 g/mol. The van der Waals surface area contributed by atoms with E-state index < -0.39 is 11.7 Å². The summed E-state index contributed by atoms with van der Waals surface area (Å²) in [5.41, 5.74) is 0.450. The minimum atomic E-state index is -0.491. The molecule has 0 aromatic rings. The number of carbonyl (C=O) groups excluding carboxylic acids is 1. The topological polar surface area (TPSA) is 59.3 Å². The van der Waals surface area contributed by atoms with Crippen LogP contribution in [-0.4, -0.2) is 24.3 Å². The summed E-state index contributed by atoms with van der Waals surface area (Å²) < 4.78 is 10.6. The Kier molecular flexibility index (Phi) is 4.08. The third kappa shape index (κ3) is 4.03. The van der Waals surface area contributed by atoms with Crippen molar-refractivity contribution >= 4 is 5.97 Å². The average Bonchev–Trinajstić information content (AvgIpc) is 2.16. The molecule has 1 saturated heterocycles. The Labute approximate surface area is 95.8 Å². The lowest BCUT2D eigenvalue weighted by atomic mass is 10.0. The van der Waals surface area contributed by atoms with Crippen molar-refractivity contribution in [2.45, 2.75) is 45.3 Å². The molecule has 4 heteroatoms. The van der Waals surface area contributed by atoms with Gasteiger partial charge in [0.25, 0.3) is 0 Å². The van der Waals surface area contributed by atoms with Crippen molar-refractivity contribution in [1.82, 2.24) is 0 Å². The van der Waals surface area contributed by atoms with E-state index in [0.29, 0.717) is 13.0 Å². The summed E-state index contributed by atoms with van der Waals surface area (Å²) in [6.07, 6.45) is 2.29. The summed E-state index contributed by atoms with van der Waals surface area (Å²) in [5.74, 6) is -0.316. The van der Waals surface area contributed by atoms with Crippen molar-refractivity contribution in [2.75, 3.05) is 6.61 Å². The van der Waals surface area contributed by atoms with Crippen LogP contribution in [0.5, 0.6) is 0 Å². The van der Waals surface area contributed by atoms with Gasteiger partial charge in [0.2, 0.25) is 0 Å². The first-order valence-electron chi connectivity index (χ1n) is 5.34. The fourth-order valence-electron chi connectivity index (χ4n) is 1.44. The van der Waals surface area contributed by atoms with Gasteiger partial charge < -0.3 is 9.47 Å². The first-order chi connectivity index (χ1) is 7.42. The third-order valence-corrected chi connectivity index (χ3v) is 2.14. The molecule has 0 aromatic heterocycles. The van der Waals surface area contributed by atoms with Gasteiger partial charge in [-0.3, -0.25) is 0 Å². The molecule has 0 aliphatic carbocycles. The molecule has 1 unspecified atom stereocenters. The highest BCUT2D eigenvalue weighted by Gasteiger charge is 2.28. The number of hydrogen-bond acceptors (Lipinski definition) is 4. The van der Waals surface area contributed by atoms with Crippen molar-refractivity contribution < 1.29 is 14.3 Å². The van der Waals surface area contributed by atoms with Gasteiger partial charge in [0.15, 0.2) is 6.10 Å². The van der Waals surface area contributed by atoms with Gasteiger partial charge in [0, 0.05) is 6.08 Å². The Balaban J connectivity index is 2.46. The highest BCUT2D eigenvalue weighted by Crippen LogP contribution is 2.20. The van der Waals surface area contributed by atoms with Crippen LogP contribution >= 0.6 is 0 Å². The van der Waals surface area contributed by atoms with E-state index in [0.717, 1.165) is 12.0 Å². The second kappa shape index (κ2) is 5.13. The molecule has 0 aromatic carbocycles. The second-order valence-corrected chi connectivity index (χ2v) is 4.80. The van der Waals surface area contributed by atoms with Gasteiger partial charge in [-0.15, -0.1) is 0 Å². The number of rotatable bonds is 1. The van der Waals surface area contributed by atoms with E-state index in [1.807, 2.05) is 26.8 Å². The molecule has 1 heterocycles. The van der Waals surface area contributed by atoms with Crippen LogP contribution in [-0.2, 0) is 14.3 Å². The maximum atomic E-state index is 11.6. The third-order valence-electron chi connectivity index (χ3n) is 2.14. The SMILES string of the molecule is CC(C)(C)OC(=O)C1CC/C(=C/C#N)CO1. The van der Waals surface area contributed by atoms with E-state index in [-0.39, 0.29) is 5.97 Å². The van der Waals surface area contributed by atoms with Crippen LogP contribution < -0.4 is 0 Å². The van der Waals surface area contributed by atoms with Gasteiger partial charge in [0.05, 0.1) is 12.7 Å². The van der Waals surface area contributed by atoms with Crippen LogP contribution in [0.2, 0.25) is 0 Å². The highest BCUT2D eigenvalue weighted by molar-refractivity contribution is 5.75. The zero-order valence-corrected chi connectivity index (χ0v) is 9.95. The lowest BCUT2D eigenvalue weighted by Crippen LogP contribution is -2.35. The molecule has 0 spiro atoms. The Morgan fingerprint density at radius 1 is 1.62 bits per heavy atom. The molecule has 0 N–H and O–H groups in total. The van der Waals surface area contributed by atoms with E-state index in [4.69, 9.17) is 14.7 Å². The molecular formula is C12H17NO3. The minimum absolute atomic E-state index is 0.316. The van der Waals surface area contributed by atoms with E-state index in [1.165, 1.54) is 6.08 Å². The molecule has 0 saturated carbocycles. The minimum Gasteiger partial charge on any atom is -0.458 e. The summed E-state index contributed by atoms with van der Waals surface area (Å²) in [5, 5.41) is 8.47. The molecule has 0 bridgehead atoms. The first kappa shape index (κ1) is 12.7. The zero-order valence-electron chi connectivity index (χ0n) is 9.95. The number of nitriles is 1. The van der Waals surface area contributed by atoms with Crippen molar-refractivity contribution in [1.29, 1.82) is 5.26 Å². The number of esters is 1. The number of hydrogen-bond donors (Lipinski definition) is 0. The van der Waals surface area contributed by atoms with E-state index >= 15 is 0 Å². The van der Waals surface area contributed by atoms with Gasteiger partial charge >= 0.3 is 5.97 Å². The highest BCUT2D eigenvalue weighted by atomic mass is 16.6. The van der Waals surface area contributed by atoms with Crippen molar-refractivity contribution in [3.63, 3.8) is 0 Å². The Morgan fingerprint density at radius 3 is 2.75 bits per heavy atom. The Hall–Kier alpha value is -1.34. The van der Waals surface area contributed by atoms with Crippen molar-refractivity contribution in [3.05, 3.63) is 11.6 Å². The smallest absolute Gasteiger partial charge is 0.335 e. The van der Waals surface area contributed by atoms with Crippen LogP contribution in [0.3, 0.4) is 0 Å². The van der Waals surface area contributed by atoms with Crippen LogP contribution in [0.4, 0.5) is 0 Å². The quantitative estimate of drug-likeness (QED) is 0.503. The number of allylic oxidation sites excluding steroid dienone is 1. The summed E-state index contributed by atoms with van der Waals surface area (Å²) in [6, 6.07) is 1.96. The average molecular weight is 223 g/mol. The van der Waals surface area contributed by atoms with Crippen LogP contribution in [0.15, 0.2) is 11.6 Å². The van der Waals surface area contributed by atoms with Gasteiger partial charge in [-0.2, -0.15) is 5.26 Å². The summed E-state index contributed by atoms with van der Waals surface area (Å²) in [6.45, 7) is 5.83. The first-order valence-corrected chi connectivity index (χ1v) is 5.34. The number of ether oxygens (including phenoxy) is 2. The van der Waals surface area contributed by atoms with Crippen molar-refractivity contribution in [2.24, 2.45) is 0 Å². The maximum Gasteiger partial charge on any atom is 0.335 e. The predicted molar refractivity (Wildman–Crippen MR) is 58.5 cm³/mol. The van der Waals surface area contributed by atoms with Crippen molar-refractivity contribution in [3.8, 4) is 6.07 Å². The molecule has 1 fully saturated rings. The summed E-state index contributed by atoms with van der Waals surface area (Å²) in [7, 11) is 0. The van der Waals surface area contributed by atoms with Crippen LogP contribution in [0, 0.1) is 11.3 Å². The Bertz CT molecular complexity index is 323. The molecule has 1 atom stereocenters. The fourth-order valence-corrected chi connectivity index (χ4v) is 1.44. The van der Waals surface area contributed by atoms with Gasteiger partial charge in [-0.1, -0.05) is 0 Å². The van der Waals surface area contributed by atoms with Gasteiger partial charge in [-0.25, -0.2) is 4.79 Å². The van der Waals surface area contributed by atoms with E-state index in [9.17, 15) is 4.79 Å². The lowest BCUT2D eigenvalue weighted by molar-refractivity contribution is -0.169. The molecule has 1 aliphatic rings. The maximum absolute atomic E-state index is 11.6. The summed E-state index contributed by atoms with van der Waals surface area (Å²) >= 11 is 0. The van der Waals surface area contributed by atoms with Gasteiger partial charge in [0.1, 0.15) is 5.60 Å². The van der Waals surface area contributed by atoms with Crippen LogP contribution in [0.1, 0.15) is 33.6 Å². The largest absolute Gasteiger partial charge is 0.458 e. The molecule has 1 aliphatic heterocycles. The summed E-state index contributed by atoms with van der Waals surface area (Å²) in [4.78, 5) is 11.6. The lowest BCUT2D eigenvalue weighted by Gasteiger charge is -2.27. The monoisotopic (exact) mass is 223 g/mol. The molecule has 0 radical (unpaired) electrons. The Morgan fingerprint density at radius 2 is 2.31 bits per heavy atom. The fraction of sp³-hybridized carbons (Fsp3) is 0.667. The molecule has 16 heavy (non-hydrogen) atoms. The molecule has 88 valence electrons. The second-order valence-electron chi connectivity index (χ2n) is 4.80. The zero-order chi connectivity index (χ0) is 12.2. The van der Waals surface area contributed by atoms with E-state index in [1.54, 1.807) is 0 Å². The number of carbonyl (C=O) groups is 1. The normalized spacial score (nSPS) is 23.9. The predicted octanol–water partition coefficient (Wildman–Crippen LogP) is 1.96.